The molecule has 92 valence electrons. The largest absolute Gasteiger partial charge is 0.481 e. The molecule has 2 heteroatoms. The number of allylic oxidation sites excluding steroid dienone is 3. The van der Waals surface area contributed by atoms with E-state index in [-0.39, 0.29) is 5.92 Å². The molecule has 2 unspecified atom stereocenters. The third kappa shape index (κ3) is 3.78. The lowest BCUT2D eigenvalue weighted by Crippen LogP contribution is -2.13. The van der Waals surface area contributed by atoms with Crippen LogP contribution in [0.4, 0.5) is 0 Å². The fourth-order valence-corrected chi connectivity index (χ4v) is 2.01. The Balaban J connectivity index is 2.91. The quantitative estimate of drug-likeness (QED) is 0.755. The van der Waals surface area contributed by atoms with Crippen LogP contribution < -0.4 is 0 Å². The molecule has 1 aliphatic rings. The first-order chi connectivity index (χ1) is 7.91. The summed E-state index contributed by atoms with van der Waals surface area (Å²) in [6.45, 7) is 8.01. The molecule has 2 nitrogen and oxygen atoms in total. The van der Waals surface area contributed by atoms with E-state index in [1.54, 1.807) is 13.0 Å². The zero-order valence-electron chi connectivity index (χ0n) is 10.9. The molecule has 0 heterocycles. The molecule has 0 saturated carbocycles. The smallest absolute Gasteiger partial charge is 0.310 e. The molecular weight excluding hydrogens is 212 g/mol. The lowest BCUT2D eigenvalue weighted by atomic mass is 9.91. The monoisotopic (exact) mass is 232 g/mol. The Morgan fingerprint density at radius 3 is 2.65 bits per heavy atom. The van der Waals surface area contributed by atoms with E-state index in [2.05, 4.69) is 31.8 Å². The van der Waals surface area contributed by atoms with Crippen molar-refractivity contribution in [2.75, 3.05) is 0 Å². The maximum atomic E-state index is 11.0. The summed E-state index contributed by atoms with van der Waals surface area (Å²) in [5.41, 5.74) is 1.86. The van der Waals surface area contributed by atoms with Crippen molar-refractivity contribution >= 4 is 5.97 Å². The van der Waals surface area contributed by atoms with Gasteiger partial charge >= 0.3 is 5.97 Å². The molecule has 0 aromatic rings. The molecule has 0 fully saturated rings. The minimum atomic E-state index is -0.798. The number of hydrogen-bond acceptors (Lipinski definition) is 1. The molecular formula is C15H20O2. The van der Waals surface area contributed by atoms with Gasteiger partial charge in [0.05, 0.1) is 5.92 Å². The lowest BCUT2D eigenvalue weighted by molar-refractivity contribution is -0.139. The van der Waals surface area contributed by atoms with E-state index >= 15 is 0 Å². The van der Waals surface area contributed by atoms with Crippen molar-refractivity contribution in [1.82, 2.24) is 0 Å². The van der Waals surface area contributed by atoms with Gasteiger partial charge in [-0.15, -0.1) is 0 Å². The van der Waals surface area contributed by atoms with Crippen LogP contribution in [0.15, 0.2) is 23.3 Å². The Hall–Kier alpha value is -1.49. The topological polar surface area (TPSA) is 37.3 Å². The number of carbonyl (C=O) groups is 1. The summed E-state index contributed by atoms with van der Waals surface area (Å²) >= 11 is 0. The van der Waals surface area contributed by atoms with Gasteiger partial charge in [0.2, 0.25) is 0 Å². The Labute approximate surface area is 103 Å². The zero-order valence-corrected chi connectivity index (χ0v) is 10.9. The number of rotatable bonds is 4. The Kier molecular flexibility index (Phi) is 4.57. The standard InChI is InChI=1S/C15H20O2/c1-10(2)8-13-6-5-7-14(11(3)9-13)12(4)15(16)17/h7,9-10,12-13H,8H2,1-4H3,(H,16,17). The Morgan fingerprint density at radius 2 is 2.12 bits per heavy atom. The molecule has 1 aliphatic carbocycles. The third-order valence-electron chi connectivity index (χ3n) is 2.97. The van der Waals surface area contributed by atoms with Crippen LogP contribution in [0.1, 0.15) is 34.1 Å². The maximum absolute atomic E-state index is 11.0. The molecule has 1 rings (SSSR count). The highest BCUT2D eigenvalue weighted by Crippen LogP contribution is 2.25. The summed E-state index contributed by atoms with van der Waals surface area (Å²) in [4.78, 5) is 11.0. The normalized spacial score (nSPS) is 20.9. The van der Waals surface area contributed by atoms with Gasteiger partial charge in [-0.1, -0.05) is 31.8 Å². The second-order valence-corrected chi connectivity index (χ2v) is 5.03. The molecule has 0 spiro atoms. The minimum absolute atomic E-state index is 0.241. The first-order valence-corrected chi connectivity index (χ1v) is 6.04. The van der Waals surface area contributed by atoms with Crippen molar-refractivity contribution in [3.63, 3.8) is 0 Å². The van der Waals surface area contributed by atoms with E-state index in [4.69, 9.17) is 5.11 Å². The van der Waals surface area contributed by atoms with Gasteiger partial charge in [0.15, 0.2) is 0 Å². The fraction of sp³-hybridized carbons (Fsp3) is 0.533. The highest BCUT2D eigenvalue weighted by Gasteiger charge is 2.19. The van der Waals surface area contributed by atoms with Gasteiger partial charge in [-0.25, -0.2) is 0 Å². The molecule has 0 aromatic carbocycles. The van der Waals surface area contributed by atoms with Gasteiger partial charge in [-0.2, -0.15) is 0 Å². The van der Waals surface area contributed by atoms with Crippen molar-refractivity contribution in [2.24, 2.45) is 17.8 Å². The Morgan fingerprint density at radius 1 is 1.47 bits per heavy atom. The maximum Gasteiger partial charge on any atom is 0.310 e. The second-order valence-electron chi connectivity index (χ2n) is 5.03. The molecule has 0 amide bonds. The predicted molar refractivity (Wildman–Crippen MR) is 69.4 cm³/mol. The second kappa shape index (κ2) is 5.72. The van der Waals surface area contributed by atoms with Crippen molar-refractivity contribution in [1.29, 1.82) is 0 Å². The van der Waals surface area contributed by atoms with Crippen molar-refractivity contribution in [2.45, 2.75) is 34.1 Å². The first kappa shape index (κ1) is 13.6. The van der Waals surface area contributed by atoms with Crippen LogP contribution in [0.3, 0.4) is 0 Å². The molecule has 0 aromatic heterocycles. The number of aliphatic carboxylic acids is 1. The molecule has 0 saturated heterocycles. The van der Waals surface area contributed by atoms with E-state index in [9.17, 15) is 4.79 Å². The fourth-order valence-electron chi connectivity index (χ4n) is 2.01. The average molecular weight is 232 g/mol. The highest BCUT2D eigenvalue weighted by atomic mass is 16.4. The third-order valence-corrected chi connectivity index (χ3v) is 2.97. The van der Waals surface area contributed by atoms with Gasteiger partial charge in [-0.3, -0.25) is 4.79 Å². The number of carboxylic acids is 1. The van der Waals surface area contributed by atoms with E-state index < -0.39 is 11.9 Å². The zero-order chi connectivity index (χ0) is 13.0. The Bertz CT molecular complexity index is 416. The van der Waals surface area contributed by atoms with Crippen LogP contribution in [0.5, 0.6) is 0 Å². The molecule has 0 radical (unpaired) electrons. The van der Waals surface area contributed by atoms with Crippen molar-refractivity contribution < 1.29 is 9.90 Å². The van der Waals surface area contributed by atoms with E-state index in [0.717, 1.165) is 17.6 Å². The summed E-state index contributed by atoms with van der Waals surface area (Å²) in [5.74, 6) is 5.71. The summed E-state index contributed by atoms with van der Waals surface area (Å²) < 4.78 is 0. The van der Waals surface area contributed by atoms with E-state index in [0.29, 0.717) is 5.92 Å². The van der Waals surface area contributed by atoms with Gasteiger partial charge in [-0.05, 0) is 43.4 Å². The van der Waals surface area contributed by atoms with Crippen LogP contribution in [-0.2, 0) is 4.79 Å². The average Bonchev–Trinajstić information content (AvgIpc) is 2.37. The van der Waals surface area contributed by atoms with Gasteiger partial charge in [0.1, 0.15) is 0 Å². The van der Waals surface area contributed by atoms with Crippen molar-refractivity contribution in [3.8, 4) is 11.8 Å². The molecule has 0 aliphatic heterocycles. The predicted octanol–water partition coefficient (Wildman–Crippen LogP) is 3.26. The SMILES string of the molecule is CC1=CC(CC(C)C)C#CC=C1C(C)C(=O)O. The van der Waals surface area contributed by atoms with Crippen molar-refractivity contribution in [3.05, 3.63) is 23.3 Å². The van der Waals surface area contributed by atoms with Crippen LogP contribution in [-0.4, -0.2) is 11.1 Å². The molecule has 2 atom stereocenters. The van der Waals surface area contributed by atoms with Gasteiger partial charge < -0.3 is 5.11 Å². The molecule has 17 heavy (non-hydrogen) atoms. The van der Waals surface area contributed by atoms with Crippen LogP contribution in [0.25, 0.3) is 0 Å². The van der Waals surface area contributed by atoms with E-state index in [1.165, 1.54) is 0 Å². The highest BCUT2D eigenvalue weighted by molar-refractivity contribution is 5.75. The van der Waals surface area contributed by atoms with Crippen LogP contribution in [0.2, 0.25) is 0 Å². The summed E-state index contributed by atoms with van der Waals surface area (Å²) in [6.07, 6.45) is 4.88. The van der Waals surface area contributed by atoms with E-state index in [1.807, 2.05) is 6.92 Å². The van der Waals surface area contributed by atoms with Crippen LogP contribution in [0, 0.1) is 29.6 Å². The molecule has 0 bridgehead atoms. The summed E-state index contributed by atoms with van der Waals surface area (Å²) in [6, 6.07) is 0. The number of hydrogen-bond donors (Lipinski definition) is 1. The lowest BCUT2D eigenvalue weighted by Gasteiger charge is -2.13. The first-order valence-electron chi connectivity index (χ1n) is 6.04. The summed E-state index contributed by atoms with van der Waals surface area (Å²) in [7, 11) is 0. The van der Waals surface area contributed by atoms with Gasteiger partial charge in [0, 0.05) is 5.92 Å². The van der Waals surface area contributed by atoms with Gasteiger partial charge in [0.25, 0.3) is 0 Å². The number of carboxylic acid groups (broad SMARTS) is 1. The van der Waals surface area contributed by atoms with Crippen LogP contribution >= 0.6 is 0 Å². The summed E-state index contributed by atoms with van der Waals surface area (Å²) in [5, 5.41) is 9.04. The molecule has 1 N–H and O–H groups in total. The minimum Gasteiger partial charge on any atom is -0.481 e.